The molecule has 1 atom stereocenters. The monoisotopic (exact) mass is 464 g/mol. The van der Waals surface area contributed by atoms with E-state index in [4.69, 9.17) is 4.18 Å². The number of unbranched alkanes of at least 4 members (excludes halogenated alkanes) is 19. The van der Waals surface area contributed by atoms with Crippen LogP contribution in [-0.2, 0) is 14.3 Å². The van der Waals surface area contributed by atoms with Crippen molar-refractivity contribution in [3.05, 3.63) is 0 Å². The maximum Gasteiger partial charge on any atom is 0.299 e. The minimum absolute atomic E-state index is 0.0661. The Morgan fingerprint density at radius 2 is 0.871 bits per heavy atom. The van der Waals surface area contributed by atoms with Crippen molar-refractivity contribution in [1.29, 1.82) is 0 Å². The normalized spacial score (nSPS) is 13.0. The van der Waals surface area contributed by atoms with Gasteiger partial charge in [0, 0.05) is 0 Å². The van der Waals surface area contributed by atoms with E-state index in [1.54, 1.807) is 0 Å². The third-order valence-electron chi connectivity index (χ3n) is 6.09. The largest absolute Gasteiger partial charge is 0.299 e. The van der Waals surface area contributed by atoms with Crippen LogP contribution in [0, 0.1) is 0 Å². The van der Waals surface area contributed by atoms with Crippen LogP contribution in [-0.4, -0.2) is 20.5 Å². The summed E-state index contributed by atoms with van der Waals surface area (Å²) in [4.78, 5) is 0. The van der Waals surface area contributed by atoms with Crippen molar-refractivity contribution < 1.29 is 17.0 Å². The quantitative estimate of drug-likeness (QED) is 0.0998. The van der Waals surface area contributed by atoms with Crippen LogP contribution in [0.3, 0.4) is 0 Å². The first kappa shape index (κ1) is 30.8. The van der Waals surface area contributed by atoms with E-state index in [1.807, 2.05) is 0 Å². The van der Waals surface area contributed by atoms with Crippen LogP contribution in [0.4, 0.5) is 4.39 Å². The fraction of sp³-hybridized carbons (Fsp3) is 1.00. The van der Waals surface area contributed by atoms with Gasteiger partial charge in [0.1, 0.15) is 0 Å². The number of rotatable bonds is 25. The topological polar surface area (TPSA) is 43.4 Å². The molecule has 0 aromatic carbocycles. The third-order valence-corrected chi connectivity index (χ3v) is 7.45. The molecule has 0 bridgehead atoms. The molecule has 1 unspecified atom stereocenters. The molecular weight excluding hydrogens is 411 g/mol. The minimum atomic E-state index is -4.05. The second-order valence-corrected chi connectivity index (χ2v) is 11.0. The second kappa shape index (κ2) is 23.0. The summed E-state index contributed by atoms with van der Waals surface area (Å²) in [5, 5.41) is 0. The predicted octanol–water partition coefficient (Wildman–Crippen LogP) is 9.25. The van der Waals surface area contributed by atoms with Gasteiger partial charge in [0.05, 0.1) is 6.61 Å². The Morgan fingerprint density at radius 3 is 1.26 bits per heavy atom. The Balaban J connectivity index is 3.48. The number of halogens is 1. The summed E-state index contributed by atoms with van der Waals surface area (Å²) in [6.45, 7) is 4.58. The lowest BCUT2D eigenvalue weighted by Gasteiger charge is -2.10. The van der Waals surface area contributed by atoms with Crippen molar-refractivity contribution >= 4 is 10.1 Å². The van der Waals surface area contributed by atoms with Crippen molar-refractivity contribution in [2.45, 2.75) is 161 Å². The molecule has 5 heteroatoms. The van der Waals surface area contributed by atoms with E-state index in [9.17, 15) is 12.8 Å². The van der Waals surface area contributed by atoms with E-state index in [-0.39, 0.29) is 13.0 Å². The van der Waals surface area contributed by atoms with Gasteiger partial charge in [0.15, 0.2) is 0 Å². The lowest BCUT2D eigenvalue weighted by atomic mass is 10.1. The molecule has 0 saturated carbocycles. The van der Waals surface area contributed by atoms with Crippen LogP contribution in [0.1, 0.15) is 155 Å². The highest BCUT2D eigenvalue weighted by Gasteiger charge is 2.25. The molecule has 0 amide bonds. The average Bonchev–Trinajstić information content (AvgIpc) is 2.75. The highest BCUT2D eigenvalue weighted by Crippen LogP contribution is 2.17. The maximum absolute atomic E-state index is 14.0. The van der Waals surface area contributed by atoms with Gasteiger partial charge in [-0.25, -0.2) is 4.39 Å². The van der Waals surface area contributed by atoms with Crippen LogP contribution >= 0.6 is 0 Å². The lowest BCUT2D eigenvalue weighted by Crippen LogP contribution is -2.19. The molecular formula is C26H53FO3S. The molecule has 0 fully saturated rings. The minimum Gasteiger partial charge on any atom is -0.268 e. The Bertz CT molecular complexity index is 454. The van der Waals surface area contributed by atoms with Gasteiger partial charge in [-0.05, 0) is 19.3 Å². The summed E-state index contributed by atoms with van der Waals surface area (Å²) in [6, 6.07) is 0. The lowest BCUT2D eigenvalue weighted by molar-refractivity contribution is 0.270. The van der Waals surface area contributed by atoms with E-state index in [0.717, 1.165) is 25.7 Å². The average molecular weight is 465 g/mol. The van der Waals surface area contributed by atoms with Crippen LogP contribution in [0.25, 0.3) is 0 Å². The van der Waals surface area contributed by atoms with Crippen molar-refractivity contribution in [2.75, 3.05) is 6.61 Å². The van der Waals surface area contributed by atoms with Crippen LogP contribution in [0.5, 0.6) is 0 Å². The van der Waals surface area contributed by atoms with Crippen molar-refractivity contribution in [1.82, 2.24) is 0 Å². The number of hydrogen-bond acceptors (Lipinski definition) is 3. The fourth-order valence-electron chi connectivity index (χ4n) is 3.95. The summed E-state index contributed by atoms with van der Waals surface area (Å²) in [5.74, 6) is 0. The van der Waals surface area contributed by atoms with Crippen LogP contribution < -0.4 is 0 Å². The van der Waals surface area contributed by atoms with E-state index in [2.05, 4.69) is 13.8 Å². The zero-order chi connectivity index (χ0) is 23.0. The van der Waals surface area contributed by atoms with E-state index >= 15 is 0 Å². The standard InChI is InChI=1S/C26H53FO3S/c1-3-5-7-9-11-13-14-15-17-19-21-23-25-30-31(28,29)26(27)24-22-20-18-16-12-10-8-6-4-2/h26H,3-25H2,1-2H3. The van der Waals surface area contributed by atoms with Gasteiger partial charge in [-0.3, -0.25) is 4.18 Å². The van der Waals surface area contributed by atoms with Crippen molar-refractivity contribution in [3.63, 3.8) is 0 Å². The Labute approximate surface area is 194 Å². The van der Waals surface area contributed by atoms with Gasteiger partial charge in [0.25, 0.3) is 10.1 Å². The zero-order valence-electron chi connectivity index (χ0n) is 20.9. The molecule has 0 aliphatic heterocycles. The van der Waals surface area contributed by atoms with Crippen molar-refractivity contribution in [2.24, 2.45) is 0 Å². The SMILES string of the molecule is CCCCCCCCCCCCCCOS(=O)(=O)C(F)CCCCCCCCCCC. The molecule has 0 N–H and O–H groups in total. The molecule has 3 nitrogen and oxygen atoms in total. The summed E-state index contributed by atoms with van der Waals surface area (Å²) >= 11 is 0. The smallest absolute Gasteiger partial charge is 0.268 e. The fourth-order valence-corrected chi connectivity index (χ4v) is 4.90. The molecule has 0 aromatic heterocycles. The molecule has 0 radical (unpaired) electrons. The summed E-state index contributed by atoms with van der Waals surface area (Å²) in [7, 11) is -4.05. The Hall–Kier alpha value is -0.160. The van der Waals surface area contributed by atoms with Crippen LogP contribution in [0.15, 0.2) is 0 Å². The van der Waals surface area contributed by atoms with Gasteiger partial charge < -0.3 is 0 Å². The highest BCUT2D eigenvalue weighted by atomic mass is 32.2. The molecule has 0 saturated heterocycles. The summed E-state index contributed by atoms with van der Waals surface area (Å²) < 4.78 is 42.7. The van der Waals surface area contributed by atoms with Gasteiger partial charge >= 0.3 is 0 Å². The second-order valence-electron chi connectivity index (χ2n) is 9.23. The predicted molar refractivity (Wildman–Crippen MR) is 133 cm³/mol. The van der Waals surface area contributed by atoms with E-state index < -0.39 is 15.6 Å². The molecule has 0 aliphatic rings. The molecule has 31 heavy (non-hydrogen) atoms. The zero-order valence-corrected chi connectivity index (χ0v) is 21.7. The first-order valence-corrected chi connectivity index (χ1v) is 15.0. The van der Waals surface area contributed by atoms with Gasteiger partial charge in [-0.2, -0.15) is 8.42 Å². The molecule has 0 rings (SSSR count). The third kappa shape index (κ3) is 21.4. The van der Waals surface area contributed by atoms with Crippen molar-refractivity contribution in [3.8, 4) is 0 Å². The molecule has 0 spiro atoms. The summed E-state index contributed by atoms with van der Waals surface area (Å²) in [6.07, 6.45) is 24.8. The maximum atomic E-state index is 14.0. The number of alkyl halides is 1. The Kier molecular flexibility index (Phi) is 22.9. The molecule has 0 aliphatic carbocycles. The molecule has 0 heterocycles. The van der Waals surface area contributed by atoms with Gasteiger partial charge in [0.2, 0.25) is 5.50 Å². The molecule has 0 aromatic rings. The number of hydrogen-bond donors (Lipinski definition) is 0. The van der Waals surface area contributed by atoms with Gasteiger partial charge in [-0.15, -0.1) is 0 Å². The van der Waals surface area contributed by atoms with E-state index in [0.29, 0.717) is 12.8 Å². The summed E-state index contributed by atoms with van der Waals surface area (Å²) in [5.41, 5.74) is -1.87. The van der Waals surface area contributed by atoms with E-state index in [1.165, 1.54) is 96.3 Å². The molecule has 188 valence electrons. The first-order valence-electron chi connectivity index (χ1n) is 13.6. The highest BCUT2D eigenvalue weighted by molar-refractivity contribution is 7.87. The first-order chi connectivity index (χ1) is 15.0. The van der Waals surface area contributed by atoms with Crippen LogP contribution in [0.2, 0.25) is 0 Å². The Morgan fingerprint density at radius 1 is 0.548 bits per heavy atom. The van der Waals surface area contributed by atoms with Gasteiger partial charge in [-0.1, -0.05) is 136 Å².